The molecule has 0 heterocycles. The first-order valence-electron chi connectivity index (χ1n) is 28.9. The molecule has 6 nitrogen and oxygen atoms in total. The van der Waals surface area contributed by atoms with Gasteiger partial charge in [0.1, 0.15) is 0 Å². The number of carboxylic acid groups (broad SMARTS) is 3. The summed E-state index contributed by atoms with van der Waals surface area (Å²) in [5, 5.41) is 30.5. The van der Waals surface area contributed by atoms with Crippen LogP contribution >= 0.6 is 0 Å². The Morgan fingerprint density at radius 3 is 0.478 bits per heavy atom. The molecule has 0 radical (unpaired) electrons. The molecule has 0 unspecified atom stereocenters. The zero-order valence-corrected chi connectivity index (χ0v) is 46.7. The third-order valence-corrected chi connectivity index (χ3v) is 12.7. The molecule has 0 aliphatic heterocycles. The quantitative estimate of drug-likeness (QED) is 0.0442. The van der Waals surface area contributed by atoms with Gasteiger partial charge in [-0.15, -0.1) is 0 Å². The number of unbranched alkanes of at least 4 members (excludes halogenated alkanes) is 45. The number of aliphatic carboxylic acids is 3. The van der Waals surface area contributed by atoms with Crippen LogP contribution < -0.4 is 15.3 Å². The van der Waals surface area contributed by atoms with E-state index in [1.54, 1.807) is 18.2 Å². The molecule has 0 amide bonds. The summed E-state index contributed by atoms with van der Waals surface area (Å²) in [6, 6.07) is 0. The minimum atomic E-state index is -1.08. The average molecular weight is 973 g/mol. The smallest absolute Gasteiger partial charge is 0.545 e. The van der Waals surface area contributed by atoms with Gasteiger partial charge in [-0.3, -0.25) is 0 Å². The van der Waals surface area contributed by atoms with Crippen molar-refractivity contribution >= 4 is 17.9 Å². The second-order valence-electron chi connectivity index (χ2n) is 19.4. The Bertz CT molecular complexity index is 911. The van der Waals surface area contributed by atoms with Gasteiger partial charge in [0.15, 0.2) is 0 Å². The summed E-state index contributed by atoms with van der Waals surface area (Å²) in [5.74, 6) is -3.25. The predicted octanol–water partition coefficient (Wildman–Crippen LogP) is 16.7. The van der Waals surface area contributed by atoms with Gasteiger partial charge in [0.25, 0.3) is 0 Å². The third kappa shape index (κ3) is 81.8. The first-order valence-corrected chi connectivity index (χ1v) is 28.9. The fraction of sp³-hybridized carbons (Fsp3) is 0.850. The molecule has 67 heavy (non-hydrogen) atoms. The Hall–Kier alpha value is -1.50. The van der Waals surface area contributed by atoms with E-state index < -0.39 is 17.9 Å². The van der Waals surface area contributed by atoms with Crippen LogP contribution in [0, 0.1) is 0 Å². The van der Waals surface area contributed by atoms with Crippen molar-refractivity contribution in [1.29, 1.82) is 0 Å². The van der Waals surface area contributed by atoms with Gasteiger partial charge in [0.05, 0.1) is 17.9 Å². The number of hydrogen-bond donors (Lipinski definition) is 0. The monoisotopic (exact) mass is 973 g/mol. The SMILES string of the molecule is CCCCCCCCCCCCCCCCCC=CC(=O)[O-].CCCCCCCCCCCCCCCCCC=CC(=O)[O-].CCCCCCCCCCCCCCCCCC=CC(=O)[O-].[Sc+3]. The molecule has 0 spiro atoms. The number of rotatable bonds is 51. The maximum Gasteiger partial charge on any atom is 3.00 e. The van der Waals surface area contributed by atoms with Gasteiger partial charge in [-0.1, -0.05) is 309 Å². The first kappa shape index (κ1) is 72.0. The van der Waals surface area contributed by atoms with Crippen molar-refractivity contribution in [2.24, 2.45) is 0 Å². The molecule has 0 fully saturated rings. The second-order valence-corrected chi connectivity index (χ2v) is 19.4. The van der Waals surface area contributed by atoms with Crippen molar-refractivity contribution in [3.63, 3.8) is 0 Å². The van der Waals surface area contributed by atoms with Crippen molar-refractivity contribution in [1.82, 2.24) is 0 Å². The molecule has 0 aromatic carbocycles. The molecule has 0 aliphatic carbocycles. The van der Waals surface area contributed by atoms with Crippen molar-refractivity contribution < 1.29 is 55.5 Å². The Morgan fingerprint density at radius 1 is 0.239 bits per heavy atom. The summed E-state index contributed by atoms with van der Waals surface area (Å²) in [5.41, 5.74) is 0. The molecule has 0 saturated heterocycles. The Kier molecular flexibility index (Phi) is 73.9. The average Bonchev–Trinajstić information content (AvgIpc) is 3.29. The minimum absolute atomic E-state index is 0. The van der Waals surface area contributed by atoms with E-state index in [1.807, 2.05) is 0 Å². The van der Waals surface area contributed by atoms with E-state index in [9.17, 15) is 29.7 Å². The predicted molar refractivity (Wildman–Crippen MR) is 281 cm³/mol. The zero-order chi connectivity index (χ0) is 48.9. The third-order valence-electron chi connectivity index (χ3n) is 12.7. The molecular formula is C60H111O6Sc. The summed E-state index contributed by atoms with van der Waals surface area (Å²) in [4.78, 5) is 30.5. The van der Waals surface area contributed by atoms with Crippen LogP contribution in [0.4, 0.5) is 0 Å². The van der Waals surface area contributed by atoms with Gasteiger partial charge in [0, 0.05) is 0 Å². The standard InChI is InChI=1S/3C20H38O2.Sc/c3*1-2-3-4-5-6-7-8-9-10-11-12-13-14-15-16-17-18-19-20(21)22;/h3*18-19H,2-17H2,1H3,(H,21,22);/q;;;+3/p-3. The molecule has 0 aliphatic rings. The molecule has 0 saturated carbocycles. The van der Waals surface area contributed by atoms with Crippen molar-refractivity contribution in [2.45, 2.75) is 329 Å². The maximum absolute atomic E-state index is 10.2. The molecule has 0 rings (SSSR count). The summed E-state index contributed by atoms with van der Waals surface area (Å²) < 4.78 is 0. The van der Waals surface area contributed by atoms with Gasteiger partial charge >= 0.3 is 25.8 Å². The van der Waals surface area contributed by atoms with Crippen LogP contribution in [0.25, 0.3) is 0 Å². The van der Waals surface area contributed by atoms with Crippen molar-refractivity contribution in [3.05, 3.63) is 36.5 Å². The van der Waals surface area contributed by atoms with Crippen LogP contribution in [-0.2, 0) is 40.2 Å². The van der Waals surface area contributed by atoms with E-state index >= 15 is 0 Å². The van der Waals surface area contributed by atoms with Crippen molar-refractivity contribution in [3.8, 4) is 0 Å². The topological polar surface area (TPSA) is 120 Å². The Morgan fingerprint density at radius 2 is 0.358 bits per heavy atom. The van der Waals surface area contributed by atoms with Gasteiger partial charge in [0.2, 0.25) is 0 Å². The van der Waals surface area contributed by atoms with E-state index in [-0.39, 0.29) is 25.8 Å². The number of carboxylic acids is 3. The summed E-state index contributed by atoms with van der Waals surface area (Å²) >= 11 is 0. The van der Waals surface area contributed by atoms with Gasteiger partial charge in [-0.25, -0.2) is 0 Å². The van der Waals surface area contributed by atoms with Crippen LogP contribution in [0.15, 0.2) is 36.5 Å². The minimum Gasteiger partial charge on any atom is -0.545 e. The summed E-state index contributed by atoms with van der Waals surface area (Å²) in [6.07, 6.45) is 72.5. The largest absolute Gasteiger partial charge is 3.00 e. The molecule has 0 aromatic rings. The molecule has 7 heteroatoms. The Balaban J connectivity index is -0.000000441. The molecule has 0 bridgehead atoms. The van der Waals surface area contributed by atoms with E-state index in [0.29, 0.717) is 0 Å². The van der Waals surface area contributed by atoms with Gasteiger partial charge in [-0.2, -0.15) is 0 Å². The first-order chi connectivity index (χ1) is 32.3. The zero-order valence-electron chi connectivity index (χ0n) is 44.9. The number of carbonyl (C=O) groups is 3. The van der Waals surface area contributed by atoms with Gasteiger partial charge in [-0.05, 0) is 56.8 Å². The molecule has 0 aromatic heterocycles. The van der Waals surface area contributed by atoms with E-state index in [4.69, 9.17) is 0 Å². The number of allylic oxidation sites excluding steroid dienone is 3. The summed E-state index contributed by atoms with van der Waals surface area (Å²) in [7, 11) is 0. The van der Waals surface area contributed by atoms with E-state index in [2.05, 4.69) is 20.8 Å². The number of carbonyl (C=O) groups excluding carboxylic acids is 3. The van der Waals surface area contributed by atoms with Crippen LogP contribution in [0.3, 0.4) is 0 Å². The molecular weight excluding hydrogens is 862 g/mol. The van der Waals surface area contributed by atoms with Crippen LogP contribution in [0.5, 0.6) is 0 Å². The normalized spacial score (nSPS) is 11.1. The van der Waals surface area contributed by atoms with E-state index in [1.165, 1.54) is 270 Å². The fourth-order valence-electron chi connectivity index (χ4n) is 8.44. The van der Waals surface area contributed by atoms with Crippen LogP contribution in [-0.4, -0.2) is 17.9 Å². The molecule has 390 valence electrons. The molecule has 0 N–H and O–H groups in total. The fourth-order valence-corrected chi connectivity index (χ4v) is 8.44. The van der Waals surface area contributed by atoms with Gasteiger partial charge < -0.3 is 29.7 Å². The Labute approximate surface area is 436 Å². The van der Waals surface area contributed by atoms with E-state index in [0.717, 1.165) is 56.8 Å². The van der Waals surface area contributed by atoms with Crippen LogP contribution in [0.1, 0.15) is 329 Å². The second kappa shape index (κ2) is 68.8. The molecule has 0 atom stereocenters. The van der Waals surface area contributed by atoms with Crippen LogP contribution in [0.2, 0.25) is 0 Å². The number of hydrogen-bond acceptors (Lipinski definition) is 6. The van der Waals surface area contributed by atoms with Crippen molar-refractivity contribution in [2.75, 3.05) is 0 Å². The maximum atomic E-state index is 10.2. The summed E-state index contributed by atoms with van der Waals surface area (Å²) in [6.45, 7) is 6.82.